The Morgan fingerprint density at radius 2 is 1.96 bits per heavy atom. The minimum atomic E-state index is -0.0584. The summed E-state index contributed by atoms with van der Waals surface area (Å²) < 4.78 is 11.0. The molecule has 1 aromatic carbocycles. The number of hydrogen-bond donors (Lipinski definition) is 0. The van der Waals surface area contributed by atoms with Gasteiger partial charge in [0.05, 0.1) is 32.0 Å². The minimum absolute atomic E-state index is 0.0319. The number of amides is 1. The number of likely N-dealkylation sites (N-methyl/N-ethyl adjacent to an activating group) is 1. The van der Waals surface area contributed by atoms with Gasteiger partial charge in [0.2, 0.25) is 0 Å². The van der Waals surface area contributed by atoms with Crippen LogP contribution in [0, 0.1) is 13.8 Å². The molecule has 1 fully saturated rings. The second kappa shape index (κ2) is 9.30. The van der Waals surface area contributed by atoms with Gasteiger partial charge in [0.1, 0.15) is 10.8 Å². The van der Waals surface area contributed by atoms with Crippen LogP contribution in [0.25, 0.3) is 0 Å². The maximum Gasteiger partial charge on any atom is 0.260 e. The second-order valence-corrected chi connectivity index (χ2v) is 7.93. The fourth-order valence-corrected chi connectivity index (χ4v) is 3.87. The largest absolute Gasteiger partial charge is 0.484 e. The number of aromatic nitrogens is 1. The SMILES string of the molecule is Cc1cc(C)cc(OCC(=O)N(C)Cc2csc(CN3CCOCC3)n2)c1. The fourth-order valence-electron chi connectivity index (χ4n) is 3.05. The average molecular weight is 390 g/mol. The molecule has 1 aliphatic heterocycles. The number of carbonyl (C=O) groups is 1. The van der Waals surface area contributed by atoms with Crippen molar-refractivity contribution < 1.29 is 14.3 Å². The van der Waals surface area contributed by atoms with Crippen LogP contribution in [-0.4, -0.2) is 60.6 Å². The number of aryl methyl sites for hydroxylation is 2. The van der Waals surface area contributed by atoms with Gasteiger partial charge in [-0.05, 0) is 37.1 Å². The van der Waals surface area contributed by atoms with E-state index < -0.39 is 0 Å². The number of benzene rings is 1. The molecule has 0 atom stereocenters. The van der Waals surface area contributed by atoms with Crippen LogP contribution in [0.15, 0.2) is 23.6 Å². The molecule has 0 saturated carbocycles. The first-order valence-electron chi connectivity index (χ1n) is 9.18. The molecule has 0 unspecified atom stereocenters. The summed E-state index contributed by atoms with van der Waals surface area (Å²) in [5, 5.41) is 3.11. The van der Waals surface area contributed by atoms with E-state index in [0.717, 1.165) is 60.4 Å². The minimum Gasteiger partial charge on any atom is -0.484 e. The van der Waals surface area contributed by atoms with Crippen molar-refractivity contribution in [2.24, 2.45) is 0 Å². The zero-order valence-electron chi connectivity index (χ0n) is 16.2. The summed E-state index contributed by atoms with van der Waals surface area (Å²) in [5.74, 6) is 0.674. The Balaban J connectivity index is 1.47. The smallest absolute Gasteiger partial charge is 0.260 e. The van der Waals surface area contributed by atoms with E-state index in [4.69, 9.17) is 9.47 Å². The van der Waals surface area contributed by atoms with Crippen LogP contribution in [-0.2, 0) is 22.6 Å². The Morgan fingerprint density at radius 1 is 1.26 bits per heavy atom. The van der Waals surface area contributed by atoms with E-state index >= 15 is 0 Å². The molecule has 3 rings (SSSR count). The quantitative estimate of drug-likeness (QED) is 0.729. The summed E-state index contributed by atoms with van der Waals surface area (Å²) in [6.45, 7) is 8.88. The molecule has 146 valence electrons. The molecule has 0 radical (unpaired) electrons. The highest BCUT2D eigenvalue weighted by Gasteiger charge is 2.15. The van der Waals surface area contributed by atoms with Gasteiger partial charge >= 0.3 is 0 Å². The van der Waals surface area contributed by atoms with Crippen molar-refractivity contribution >= 4 is 17.2 Å². The fraction of sp³-hybridized carbons (Fsp3) is 0.500. The predicted molar refractivity (Wildman–Crippen MR) is 106 cm³/mol. The lowest BCUT2D eigenvalue weighted by atomic mass is 10.1. The monoisotopic (exact) mass is 389 g/mol. The lowest BCUT2D eigenvalue weighted by molar-refractivity contribution is -0.132. The maximum absolute atomic E-state index is 12.4. The topological polar surface area (TPSA) is 54.9 Å². The number of ether oxygens (including phenoxy) is 2. The van der Waals surface area contributed by atoms with Crippen LogP contribution >= 0.6 is 11.3 Å². The Bertz CT molecular complexity index is 751. The molecule has 7 heteroatoms. The second-order valence-electron chi connectivity index (χ2n) is 6.98. The number of carbonyl (C=O) groups excluding carboxylic acids is 1. The van der Waals surface area contributed by atoms with Gasteiger partial charge in [0.25, 0.3) is 5.91 Å². The molecule has 27 heavy (non-hydrogen) atoms. The molecule has 2 aromatic rings. The summed E-state index contributed by atoms with van der Waals surface area (Å²) in [6.07, 6.45) is 0. The van der Waals surface area contributed by atoms with Crippen LogP contribution in [0.3, 0.4) is 0 Å². The van der Waals surface area contributed by atoms with Crippen molar-refractivity contribution in [1.29, 1.82) is 0 Å². The van der Waals surface area contributed by atoms with Crippen LogP contribution in [0.2, 0.25) is 0 Å². The lowest BCUT2D eigenvalue weighted by Gasteiger charge is -2.25. The van der Waals surface area contributed by atoms with E-state index in [1.807, 2.05) is 31.4 Å². The lowest BCUT2D eigenvalue weighted by Crippen LogP contribution is -2.35. The van der Waals surface area contributed by atoms with Crippen LogP contribution in [0.4, 0.5) is 0 Å². The van der Waals surface area contributed by atoms with E-state index in [1.165, 1.54) is 0 Å². The molecule has 6 nitrogen and oxygen atoms in total. The summed E-state index contributed by atoms with van der Waals surface area (Å²) >= 11 is 1.65. The van der Waals surface area contributed by atoms with Crippen molar-refractivity contribution in [2.75, 3.05) is 40.0 Å². The van der Waals surface area contributed by atoms with Crippen molar-refractivity contribution in [3.8, 4) is 5.75 Å². The van der Waals surface area contributed by atoms with E-state index in [-0.39, 0.29) is 12.5 Å². The Hall–Kier alpha value is -1.96. The van der Waals surface area contributed by atoms with Crippen LogP contribution in [0.1, 0.15) is 21.8 Å². The van der Waals surface area contributed by atoms with Gasteiger partial charge in [-0.3, -0.25) is 9.69 Å². The molecule has 1 saturated heterocycles. The van der Waals surface area contributed by atoms with E-state index in [9.17, 15) is 4.79 Å². The van der Waals surface area contributed by atoms with Crippen molar-refractivity contribution in [2.45, 2.75) is 26.9 Å². The maximum atomic E-state index is 12.4. The summed E-state index contributed by atoms with van der Waals surface area (Å²) in [4.78, 5) is 21.0. The van der Waals surface area contributed by atoms with Crippen LogP contribution in [0.5, 0.6) is 5.75 Å². The Kier molecular flexibility index (Phi) is 6.82. The Labute approximate surface area is 164 Å². The number of thiazole rings is 1. The summed E-state index contributed by atoms with van der Waals surface area (Å²) in [5.41, 5.74) is 3.17. The molecule has 0 bridgehead atoms. The van der Waals surface area contributed by atoms with Gasteiger partial charge in [-0.15, -0.1) is 11.3 Å². The molecule has 0 spiro atoms. The first-order chi connectivity index (χ1) is 13.0. The molecule has 1 amide bonds. The number of morpholine rings is 1. The van der Waals surface area contributed by atoms with Gasteiger partial charge in [0.15, 0.2) is 6.61 Å². The summed E-state index contributed by atoms with van der Waals surface area (Å²) in [6, 6.07) is 5.97. The molecule has 1 aliphatic rings. The first kappa shape index (κ1) is 19.8. The van der Waals surface area contributed by atoms with Gasteiger partial charge in [-0.1, -0.05) is 6.07 Å². The number of nitrogens with zero attached hydrogens (tertiary/aromatic N) is 3. The molecular formula is C20H27N3O3S. The highest BCUT2D eigenvalue weighted by atomic mass is 32.1. The molecule has 1 aromatic heterocycles. The average Bonchev–Trinajstić information content (AvgIpc) is 3.06. The highest BCUT2D eigenvalue weighted by Crippen LogP contribution is 2.17. The Morgan fingerprint density at radius 3 is 2.67 bits per heavy atom. The zero-order chi connectivity index (χ0) is 19.2. The number of rotatable bonds is 7. The molecule has 0 aliphatic carbocycles. The van der Waals surface area contributed by atoms with E-state index in [0.29, 0.717) is 6.54 Å². The highest BCUT2D eigenvalue weighted by molar-refractivity contribution is 7.09. The third-order valence-electron chi connectivity index (χ3n) is 4.44. The van der Waals surface area contributed by atoms with Gasteiger partial charge in [-0.2, -0.15) is 0 Å². The first-order valence-corrected chi connectivity index (χ1v) is 10.1. The normalized spacial score (nSPS) is 14.9. The van der Waals surface area contributed by atoms with Crippen molar-refractivity contribution in [3.05, 3.63) is 45.4 Å². The van der Waals surface area contributed by atoms with E-state index in [2.05, 4.69) is 16.0 Å². The van der Waals surface area contributed by atoms with Gasteiger partial charge < -0.3 is 14.4 Å². The standard InChI is InChI=1S/C20H27N3O3S/c1-15-8-16(2)10-18(9-15)26-13-20(24)22(3)11-17-14-27-19(21-17)12-23-4-6-25-7-5-23/h8-10,14H,4-7,11-13H2,1-3H3. The third-order valence-corrected chi connectivity index (χ3v) is 5.33. The third kappa shape index (κ3) is 6.02. The van der Waals surface area contributed by atoms with Crippen molar-refractivity contribution in [1.82, 2.24) is 14.8 Å². The molecular weight excluding hydrogens is 362 g/mol. The van der Waals surface area contributed by atoms with E-state index in [1.54, 1.807) is 23.3 Å². The van der Waals surface area contributed by atoms with Crippen molar-refractivity contribution in [3.63, 3.8) is 0 Å². The summed E-state index contributed by atoms with van der Waals surface area (Å²) in [7, 11) is 1.79. The molecule has 0 N–H and O–H groups in total. The zero-order valence-corrected chi connectivity index (χ0v) is 17.1. The predicted octanol–water partition coefficient (Wildman–Crippen LogP) is 2.63. The van der Waals surface area contributed by atoms with Gasteiger partial charge in [-0.25, -0.2) is 4.98 Å². The molecule has 2 heterocycles. The van der Waals surface area contributed by atoms with Gasteiger partial charge in [0, 0.05) is 25.5 Å². The van der Waals surface area contributed by atoms with Crippen LogP contribution < -0.4 is 4.74 Å². The number of hydrogen-bond acceptors (Lipinski definition) is 6.